The van der Waals surface area contributed by atoms with Crippen molar-refractivity contribution >= 4 is 35.2 Å². The normalized spacial score (nSPS) is 10.2. The van der Waals surface area contributed by atoms with Crippen LogP contribution in [0.4, 0.5) is 0 Å². The first-order valence-corrected chi connectivity index (χ1v) is 12.6. The minimum atomic E-state index is -4.08. The molecule has 0 aliphatic heterocycles. The second-order valence-electron chi connectivity index (χ2n) is 7.10. The molecule has 0 radical (unpaired) electrons. The third-order valence-corrected chi connectivity index (χ3v) is 7.03. The number of hydrogen-bond donors (Lipinski definition) is 0. The molecule has 0 fully saturated rings. The molecule has 0 aliphatic carbocycles. The van der Waals surface area contributed by atoms with Crippen LogP contribution in [0.3, 0.4) is 0 Å². The summed E-state index contributed by atoms with van der Waals surface area (Å²) in [5.41, 5.74) is 3.76. The summed E-state index contributed by atoms with van der Waals surface area (Å²) in [7, 11) is 0. The average Bonchev–Trinajstić information content (AvgIpc) is 2.75. The van der Waals surface area contributed by atoms with Gasteiger partial charge in [-0.05, 0) is 0 Å². The van der Waals surface area contributed by atoms with Crippen molar-refractivity contribution in [3.05, 3.63) is 106 Å². The molecule has 0 aromatic heterocycles. The van der Waals surface area contributed by atoms with Gasteiger partial charge in [0.15, 0.2) is 0 Å². The van der Waals surface area contributed by atoms with Crippen molar-refractivity contribution in [1.29, 1.82) is 0 Å². The number of hydrogen-bond acceptors (Lipinski definition) is 6. The molecule has 0 atom stereocenters. The molecule has 0 amide bonds. The molecule has 0 N–H and O–H groups in total. The van der Waals surface area contributed by atoms with Crippen molar-refractivity contribution in [3.8, 4) is 0 Å². The van der Waals surface area contributed by atoms with Gasteiger partial charge in [-0.3, -0.25) is 0 Å². The van der Waals surface area contributed by atoms with Crippen LogP contribution in [-0.2, 0) is 10.6 Å². The molecule has 0 unspecified atom stereocenters. The van der Waals surface area contributed by atoms with Crippen LogP contribution in [0.5, 0.6) is 0 Å². The number of carbonyl (C=O) groups excluding carboxylic acids is 3. The van der Waals surface area contributed by atoms with Crippen LogP contribution in [0.1, 0.15) is 47.8 Å². The Morgan fingerprint density at radius 2 is 0.710 bits per heavy atom. The molecular formula is C24H21GaO6. The van der Waals surface area contributed by atoms with Crippen LogP contribution < -0.4 is 0 Å². The van der Waals surface area contributed by atoms with Crippen LogP contribution in [-0.4, -0.2) is 35.2 Å². The van der Waals surface area contributed by atoms with E-state index in [1.165, 1.54) is 0 Å². The standard InChI is InChI=1S/3C8H8O2.Ga/c3*1-6-2-4-7(5-3-6)8(9)10;/h3*2-5H,1H3,(H,9,10);/q;;;+3/p-3. The molecule has 0 heterocycles. The third-order valence-electron chi connectivity index (χ3n) is 4.47. The topological polar surface area (TPSA) is 78.9 Å². The van der Waals surface area contributed by atoms with Crippen LogP contribution >= 0.6 is 0 Å². The van der Waals surface area contributed by atoms with Crippen molar-refractivity contribution in [2.75, 3.05) is 0 Å². The SMILES string of the molecule is Cc1ccc(C(=O)[O][Ga]([O]C(=O)c2ccc(C)cc2)[O]C(=O)c2ccc(C)cc2)cc1. The zero-order chi connectivity index (χ0) is 22.4. The first-order valence-electron chi connectivity index (χ1n) is 9.65. The predicted molar refractivity (Wildman–Crippen MR) is 116 cm³/mol. The van der Waals surface area contributed by atoms with Crippen molar-refractivity contribution in [2.24, 2.45) is 0 Å². The van der Waals surface area contributed by atoms with Gasteiger partial charge >= 0.3 is 187 Å². The van der Waals surface area contributed by atoms with E-state index in [1.807, 2.05) is 20.8 Å². The summed E-state index contributed by atoms with van der Waals surface area (Å²) in [5.74, 6) is -2.13. The Balaban J connectivity index is 1.78. The Morgan fingerprint density at radius 1 is 0.484 bits per heavy atom. The molecule has 3 aromatic carbocycles. The third kappa shape index (κ3) is 6.34. The summed E-state index contributed by atoms with van der Waals surface area (Å²) >= 11 is -4.08. The molecule has 7 heteroatoms. The van der Waals surface area contributed by atoms with Crippen molar-refractivity contribution < 1.29 is 25.0 Å². The van der Waals surface area contributed by atoms with Gasteiger partial charge in [0.2, 0.25) is 0 Å². The second-order valence-corrected chi connectivity index (χ2v) is 9.80. The summed E-state index contributed by atoms with van der Waals surface area (Å²) in [5, 5.41) is 0. The Hall–Kier alpha value is -3.29. The summed E-state index contributed by atoms with van der Waals surface area (Å²) in [4.78, 5) is 37.6. The zero-order valence-corrected chi connectivity index (χ0v) is 19.9. The van der Waals surface area contributed by atoms with E-state index in [-0.39, 0.29) is 16.7 Å². The van der Waals surface area contributed by atoms with Crippen molar-refractivity contribution in [1.82, 2.24) is 0 Å². The molecule has 0 aliphatic rings. The number of benzene rings is 3. The minimum absolute atomic E-state index is 0.277. The summed E-state index contributed by atoms with van der Waals surface area (Å²) in [6, 6.07) is 20.1. The van der Waals surface area contributed by atoms with E-state index < -0.39 is 35.2 Å². The first-order chi connectivity index (χ1) is 14.8. The van der Waals surface area contributed by atoms with Crippen LogP contribution in [0.2, 0.25) is 0 Å². The van der Waals surface area contributed by atoms with E-state index in [2.05, 4.69) is 0 Å². The molecule has 0 spiro atoms. The van der Waals surface area contributed by atoms with Crippen molar-refractivity contribution in [3.63, 3.8) is 0 Å². The molecule has 0 saturated heterocycles. The quantitative estimate of drug-likeness (QED) is 0.490. The maximum atomic E-state index is 12.5. The fourth-order valence-corrected chi connectivity index (χ4v) is 4.87. The van der Waals surface area contributed by atoms with E-state index >= 15 is 0 Å². The van der Waals surface area contributed by atoms with E-state index in [4.69, 9.17) is 10.6 Å². The molecule has 0 bridgehead atoms. The Kier molecular flexibility index (Phi) is 7.33. The van der Waals surface area contributed by atoms with Gasteiger partial charge < -0.3 is 0 Å². The van der Waals surface area contributed by atoms with Gasteiger partial charge in [0.05, 0.1) is 0 Å². The van der Waals surface area contributed by atoms with Crippen LogP contribution in [0, 0.1) is 20.8 Å². The average molecular weight is 475 g/mol. The zero-order valence-electron chi connectivity index (χ0n) is 17.5. The fraction of sp³-hybridized carbons (Fsp3) is 0.125. The summed E-state index contributed by atoms with van der Waals surface area (Å²) < 4.78 is 16.1. The molecule has 3 rings (SSSR count). The first kappa shape index (κ1) is 22.4. The van der Waals surface area contributed by atoms with Gasteiger partial charge in [0.1, 0.15) is 0 Å². The molecular weight excluding hydrogens is 454 g/mol. The molecule has 6 nitrogen and oxygen atoms in total. The number of carbonyl (C=O) groups is 3. The van der Waals surface area contributed by atoms with Crippen molar-refractivity contribution in [2.45, 2.75) is 20.8 Å². The van der Waals surface area contributed by atoms with E-state index in [0.29, 0.717) is 0 Å². The number of rotatable bonds is 6. The van der Waals surface area contributed by atoms with Gasteiger partial charge in [-0.2, -0.15) is 0 Å². The van der Waals surface area contributed by atoms with Gasteiger partial charge in [0.25, 0.3) is 0 Å². The maximum absolute atomic E-state index is 12.5. The Morgan fingerprint density at radius 3 is 0.935 bits per heavy atom. The number of aryl methyl sites for hydroxylation is 3. The van der Waals surface area contributed by atoms with Crippen LogP contribution in [0.15, 0.2) is 72.8 Å². The Labute approximate surface area is 187 Å². The van der Waals surface area contributed by atoms with E-state index in [9.17, 15) is 14.4 Å². The monoisotopic (exact) mass is 474 g/mol. The second kappa shape index (κ2) is 10.1. The van der Waals surface area contributed by atoms with E-state index in [0.717, 1.165) is 16.7 Å². The predicted octanol–water partition coefficient (Wildman–Crippen LogP) is 4.47. The van der Waals surface area contributed by atoms with E-state index in [1.54, 1.807) is 72.8 Å². The fourth-order valence-electron chi connectivity index (χ4n) is 2.61. The summed E-state index contributed by atoms with van der Waals surface area (Å²) in [6.07, 6.45) is 0. The van der Waals surface area contributed by atoms with Crippen LogP contribution in [0.25, 0.3) is 0 Å². The molecule has 0 saturated carbocycles. The Bertz CT molecular complexity index is 931. The molecule has 156 valence electrons. The molecule has 3 aromatic rings. The van der Waals surface area contributed by atoms with Gasteiger partial charge in [-0.25, -0.2) is 0 Å². The molecule has 31 heavy (non-hydrogen) atoms. The van der Waals surface area contributed by atoms with Gasteiger partial charge in [0, 0.05) is 0 Å². The van der Waals surface area contributed by atoms with Gasteiger partial charge in [-0.15, -0.1) is 0 Å². The van der Waals surface area contributed by atoms with Gasteiger partial charge in [-0.1, -0.05) is 0 Å². The summed E-state index contributed by atoms with van der Waals surface area (Å²) in [6.45, 7) is 5.67.